The van der Waals surface area contributed by atoms with Gasteiger partial charge in [-0.15, -0.1) is 0 Å². The Morgan fingerprint density at radius 1 is 1.16 bits per heavy atom. The molecule has 0 bridgehead atoms. The van der Waals surface area contributed by atoms with Crippen LogP contribution in [0.2, 0.25) is 5.02 Å². The van der Waals surface area contributed by atoms with Gasteiger partial charge >= 0.3 is 6.03 Å². The Bertz CT molecular complexity index is 896. The smallest absolute Gasteiger partial charge is 0.332 e. The number of hydrazone groups is 1. The predicted octanol–water partition coefficient (Wildman–Crippen LogP) is 4.86. The molecule has 1 fully saturated rings. The van der Waals surface area contributed by atoms with Crippen molar-refractivity contribution in [3.05, 3.63) is 52.5 Å². The van der Waals surface area contributed by atoms with Crippen molar-refractivity contribution >= 4 is 23.8 Å². The third kappa shape index (κ3) is 6.79. The molecule has 3 N–H and O–H groups in total. The molecular formula is C23H28ClN3O4. The second kappa shape index (κ2) is 11.5. The zero-order valence-electron chi connectivity index (χ0n) is 17.6. The minimum absolute atomic E-state index is 0.303. The molecule has 1 aliphatic rings. The molecule has 8 heteroatoms. The van der Waals surface area contributed by atoms with Crippen LogP contribution in [0.1, 0.15) is 49.1 Å². The number of amides is 2. The summed E-state index contributed by atoms with van der Waals surface area (Å²) in [6.07, 6.45) is 7.97. The van der Waals surface area contributed by atoms with Crippen molar-refractivity contribution in [2.75, 3.05) is 20.3 Å². The van der Waals surface area contributed by atoms with Gasteiger partial charge in [-0.05, 0) is 54.2 Å². The third-order valence-corrected chi connectivity index (χ3v) is 5.48. The summed E-state index contributed by atoms with van der Waals surface area (Å²) in [6.45, 7) is 0.672. The Balaban J connectivity index is 1.51. The number of rotatable bonds is 9. The van der Waals surface area contributed by atoms with Gasteiger partial charge in [-0.2, -0.15) is 5.10 Å². The Morgan fingerprint density at radius 3 is 2.55 bits per heavy atom. The zero-order chi connectivity index (χ0) is 22.1. The first kappa shape index (κ1) is 22.7. The second-order valence-corrected chi connectivity index (χ2v) is 7.78. The molecule has 1 saturated carbocycles. The number of methoxy groups -OCH3 is 1. The van der Waals surface area contributed by atoms with E-state index in [1.165, 1.54) is 51.0 Å². The minimum Gasteiger partial charge on any atom is -0.493 e. The van der Waals surface area contributed by atoms with Gasteiger partial charge in [0.2, 0.25) is 0 Å². The normalized spacial score (nSPS) is 14.4. The summed E-state index contributed by atoms with van der Waals surface area (Å²) in [5.41, 5.74) is 9.11. The largest absolute Gasteiger partial charge is 0.493 e. The molecule has 0 unspecified atom stereocenters. The van der Waals surface area contributed by atoms with Gasteiger partial charge in [0.05, 0.1) is 18.3 Å². The van der Waals surface area contributed by atoms with Crippen LogP contribution < -0.4 is 25.4 Å². The van der Waals surface area contributed by atoms with Gasteiger partial charge in [-0.25, -0.2) is 10.2 Å². The number of carbonyl (C=O) groups is 1. The lowest BCUT2D eigenvalue weighted by atomic mass is 9.84. The van der Waals surface area contributed by atoms with E-state index in [0.717, 1.165) is 5.75 Å². The van der Waals surface area contributed by atoms with E-state index in [2.05, 4.69) is 22.7 Å². The molecule has 0 aromatic heterocycles. The quantitative estimate of drug-likeness (QED) is 0.327. The molecule has 0 spiro atoms. The fourth-order valence-electron chi connectivity index (χ4n) is 3.70. The molecule has 2 aromatic carbocycles. The molecule has 0 heterocycles. The molecule has 3 rings (SSSR count). The van der Waals surface area contributed by atoms with Crippen molar-refractivity contribution in [2.24, 2.45) is 10.8 Å². The van der Waals surface area contributed by atoms with Gasteiger partial charge in [0, 0.05) is 0 Å². The molecule has 1 aliphatic carbocycles. The van der Waals surface area contributed by atoms with Gasteiger partial charge in [-0.1, -0.05) is 43.0 Å². The van der Waals surface area contributed by atoms with Gasteiger partial charge in [0.25, 0.3) is 0 Å². The minimum atomic E-state index is -0.752. The van der Waals surface area contributed by atoms with Crippen molar-refractivity contribution in [1.82, 2.24) is 5.43 Å². The monoisotopic (exact) mass is 445 g/mol. The Labute approximate surface area is 187 Å². The maximum Gasteiger partial charge on any atom is 0.332 e. The maximum absolute atomic E-state index is 10.7. The SMILES string of the molecule is COc1cc(/C=N/NC(N)=O)cc(Cl)c1OCCOc1ccc(C2CCCCC2)cc1. The second-order valence-electron chi connectivity index (χ2n) is 7.37. The first-order chi connectivity index (χ1) is 15.1. The number of primary amides is 1. The van der Waals surface area contributed by atoms with Crippen LogP contribution in [0.3, 0.4) is 0 Å². The number of hydrogen-bond acceptors (Lipinski definition) is 5. The summed E-state index contributed by atoms with van der Waals surface area (Å²) in [6, 6.07) is 11.0. The summed E-state index contributed by atoms with van der Waals surface area (Å²) in [5, 5.41) is 4.07. The zero-order valence-corrected chi connectivity index (χ0v) is 18.4. The average molecular weight is 446 g/mol. The molecule has 2 aromatic rings. The topological polar surface area (TPSA) is 95.2 Å². The number of nitrogens with zero attached hydrogens (tertiary/aromatic N) is 1. The lowest BCUT2D eigenvalue weighted by Crippen LogP contribution is -2.24. The number of hydrogen-bond donors (Lipinski definition) is 2. The van der Waals surface area contributed by atoms with E-state index < -0.39 is 6.03 Å². The van der Waals surface area contributed by atoms with E-state index in [9.17, 15) is 4.79 Å². The van der Waals surface area contributed by atoms with Crippen LogP contribution in [0.4, 0.5) is 4.79 Å². The summed E-state index contributed by atoms with van der Waals surface area (Å²) < 4.78 is 16.9. The van der Waals surface area contributed by atoms with Crippen LogP contribution in [0.15, 0.2) is 41.5 Å². The van der Waals surface area contributed by atoms with E-state index in [4.69, 9.17) is 31.5 Å². The van der Waals surface area contributed by atoms with Crippen molar-refractivity contribution in [3.63, 3.8) is 0 Å². The average Bonchev–Trinajstić information content (AvgIpc) is 2.78. The van der Waals surface area contributed by atoms with Crippen molar-refractivity contribution in [2.45, 2.75) is 38.0 Å². The number of nitrogens with two attached hydrogens (primary N) is 1. The standard InChI is InChI=1S/C23H28ClN3O4/c1-29-21-14-16(15-26-27-23(25)28)13-20(24)22(21)31-12-11-30-19-9-7-18(8-10-19)17-5-3-2-4-6-17/h7-10,13-15,17H,2-6,11-12H2,1H3,(H3,25,27,28)/b26-15+. The summed E-state index contributed by atoms with van der Waals surface area (Å²) in [5.74, 6) is 2.36. The molecule has 31 heavy (non-hydrogen) atoms. The number of carbonyl (C=O) groups excluding carboxylic acids is 1. The molecule has 0 atom stereocenters. The highest BCUT2D eigenvalue weighted by atomic mass is 35.5. The Morgan fingerprint density at radius 2 is 1.87 bits per heavy atom. The van der Waals surface area contributed by atoms with E-state index in [1.807, 2.05) is 12.1 Å². The maximum atomic E-state index is 10.7. The number of ether oxygens (including phenoxy) is 3. The Hall–Kier alpha value is -2.93. The van der Waals surface area contributed by atoms with E-state index >= 15 is 0 Å². The molecule has 0 aliphatic heterocycles. The lowest BCUT2D eigenvalue weighted by molar-refractivity contribution is 0.211. The van der Waals surface area contributed by atoms with Crippen molar-refractivity contribution < 1.29 is 19.0 Å². The molecule has 0 saturated heterocycles. The predicted molar refractivity (Wildman–Crippen MR) is 122 cm³/mol. The van der Waals surface area contributed by atoms with Gasteiger partial charge in [0.15, 0.2) is 11.5 Å². The highest BCUT2D eigenvalue weighted by molar-refractivity contribution is 6.32. The number of urea groups is 1. The summed E-state index contributed by atoms with van der Waals surface area (Å²) >= 11 is 6.32. The van der Waals surface area contributed by atoms with Crippen LogP contribution in [0, 0.1) is 0 Å². The summed E-state index contributed by atoms with van der Waals surface area (Å²) in [4.78, 5) is 10.7. The molecular weight excluding hydrogens is 418 g/mol. The molecule has 166 valence electrons. The highest BCUT2D eigenvalue weighted by Crippen LogP contribution is 2.36. The lowest BCUT2D eigenvalue weighted by Gasteiger charge is -2.22. The van der Waals surface area contributed by atoms with E-state index in [-0.39, 0.29) is 0 Å². The highest BCUT2D eigenvalue weighted by Gasteiger charge is 2.15. The van der Waals surface area contributed by atoms with Crippen LogP contribution >= 0.6 is 11.6 Å². The molecule has 2 amide bonds. The first-order valence-corrected chi connectivity index (χ1v) is 10.8. The van der Waals surface area contributed by atoms with Crippen LogP contribution in [0.5, 0.6) is 17.2 Å². The number of nitrogens with one attached hydrogen (secondary N) is 1. The molecule has 7 nitrogen and oxygen atoms in total. The van der Waals surface area contributed by atoms with Crippen LogP contribution in [-0.2, 0) is 0 Å². The van der Waals surface area contributed by atoms with E-state index in [0.29, 0.717) is 41.2 Å². The number of benzene rings is 2. The van der Waals surface area contributed by atoms with Gasteiger partial charge in [0.1, 0.15) is 19.0 Å². The van der Waals surface area contributed by atoms with Gasteiger partial charge < -0.3 is 19.9 Å². The number of halogens is 1. The van der Waals surface area contributed by atoms with Crippen LogP contribution in [-0.4, -0.2) is 32.6 Å². The summed E-state index contributed by atoms with van der Waals surface area (Å²) in [7, 11) is 1.52. The van der Waals surface area contributed by atoms with Crippen molar-refractivity contribution in [3.8, 4) is 17.2 Å². The first-order valence-electron chi connectivity index (χ1n) is 10.4. The fourth-order valence-corrected chi connectivity index (χ4v) is 3.97. The third-order valence-electron chi connectivity index (χ3n) is 5.20. The fraction of sp³-hybridized carbons (Fsp3) is 0.391. The van der Waals surface area contributed by atoms with Crippen LogP contribution in [0.25, 0.3) is 0 Å². The van der Waals surface area contributed by atoms with Crippen molar-refractivity contribution in [1.29, 1.82) is 0 Å². The Kier molecular flexibility index (Phi) is 8.41. The van der Waals surface area contributed by atoms with Gasteiger partial charge in [-0.3, -0.25) is 0 Å². The van der Waals surface area contributed by atoms with E-state index in [1.54, 1.807) is 12.1 Å². The molecule has 0 radical (unpaired) electrons.